The van der Waals surface area contributed by atoms with E-state index in [1.54, 1.807) is 6.20 Å². The summed E-state index contributed by atoms with van der Waals surface area (Å²) in [6.07, 6.45) is 7.10. The molecule has 0 bridgehead atoms. The lowest BCUT2D eigenvalue weighted by Gasteiger charge is -2.19. The number of para-hydroxylation sites is 2. The lowest BCUT2D eigenvalue weighted by atomic mass is 10.1. The number of hydrogen-bond donors (Lipinski definition) is 1. The minimum absolute atomic E-state index is 0.420. The van der Waals surface area contributed by atoms with Gasteiger partial charge in [0.1, 0.15) is 5.82 Å². The van der Waals surface area contributed by atoms with Crippen LogP contribution in [0.3, 0.4) is 0 Å². The fraction of sp³-hybridized carbons (Fsp3) is 0.231. The summed E-state index contributed by atoms with van der Waals surface area (Å²) in [5.74, 6) is 3.35. The van der Waals surface area contributed by atoms with Crippen LogP contribution in [0, 0.1) is 12.3 Å². The van der Waals surface area contributed by atoms with Gasteiger partial charge in [-0.05, 0) is 26.0 Å². The van der Waals surface area contributed by atoms with E-state index in [9.17, 15) is 0 Å². The summed E-state index contributed by atoms with van der Waals surface area (Å²) < 4.78 is 0. The first-order valence-electron chi connectivity index (χ1n) is 5.08. The molecule has 3 heteroatoms. The lowest BCUT2D eigenvalue weighted by molar-refractivity contribution is 0.736. The second kappa shape index (κ2) is 3.82. The molecule has 0 atom stereocenters. The van der Waals surface area contributed by atoms with Crippen molar-refractivity contribution in [1.29, 1.82) is 0 Å². The average molecular weight is 211 g/mol. The van der Waals surface area contributed by atoms with Crippen molar-refractivity contribution in [2.24, 2.45) is 0 Å². The highest BCUT2D eigenvalue weighted by Gasteiger charge is 2.13. The predicted octanol–water partition coefficient (Wildman–Crippen LogP) is 2.45. The molecule has 2 aromatic rings. The zero-order chi connectivity index (χ0) is 11.6. The third-order valence-electron chi connectivity index (χ3n) is 2.25. The molecule has 3 nitrogen and oxygen atoms in total. The van der Waals surface area contributed by atoms with E-state index >= 15 is 0 Å². The third kappa shape index (κ3) is 2.12. The Hall–Kier alpha value is -2.08. The topological polar surface area (TPSA) is 37.8 Å². The molecule has 0 aliphatic carbocycles. The van der Waals surface area contributed by atoms with E-state index in [1.807, 2.05) is 38.1 Å². The number of fused-ring (bicyclic) bond motifs is 1. The van der Waals surface area contributed by atoms with E-state index in [-0.39, 0.29) is 0 Å². The average Bonchev–Trinajstić information content (AvgIpc) is 2.28. The molecule has 16 heavy (non-hydrogen) atoms. The highest BCUT2D eigenvalue weighted by molar-refractivity contribution is 5.75. The Bertz CT molecular complexity index is 552. The van der Waals surface area contributed by atoms with Crippen molar-refractivity contribution in [3.8, 4) is 12.3 Å². The SMILES string of the molecule is C#CC(C)(C)Nc1cnc2ccccc2n1. The van der Waals surface area contributed by atoms with Gasteiger partial charge >= 0.3 is 0 Å². The van der Waals surface area contributed by atoms with Crippen molar-refractivity contribution in [1.82, 2.24) is 9.97 Å². The number of hydrogen-bond acceptors (Lipinski definition) is 3. The van der Waals surface area contributed by atoms with E-state index < -0.39 is 5.54 Å². The van der Waals surface area contributed by atoms with Gasteiger partial charge in [-0.2, -0.15) is 0 Å². The molecule has 1 aromatic heterocycles. The van der Waals surface area contributed by atoms with E-state index in [2.05, 4.69) is 21.2 Å². The molecule has 2 rings (SSSR count). The Morgan fingerprint density at radius 3 is 2.62 bits per heavy atom. The highest BCUT2D eigenvalue weighted by atomic mass is 15.1. The number of nitrogens with one attached hydrogen (secondary N) is 1. The number of aromatic nitrogens is 2. The van der Waals surface area contributed by atoms with Gasteiger partial charge < -0.3 is 5.32 Å². The Morgan fingerprint density at radius 2 is 1.94 bits per heavy atom. The normalized spacial score (nSPS) is 11.1. The molecule has 1 aromatic carbocycles. The van der Waals surface area contributed by atoms with Crippen LogP contribution in [0.5, 0.6) is 0 Å². The van der Waals surface area contributed by atoms with Crippen LogP contribution < -0.4 is 5.32 Å². The van der Waals surface area contributed by atoms with Gasteiger partial charge in [0, 0.05) is 0 Å². The standard InChI is InChI=1S/C13H13N3/c1-4-13(2,3)16-12-9-14-10-7-5-6-8-11(10)15-12/h1,5-9H,2-3H3,(H,15,16). The molecule has 0 radical (unpaired) electrons. The maximum Gasteiger partial charge on any atom is 0.146 e. The molecule has 0 saturated heterocycles. The number of nitrogens with zero attached hydrogens (tertiary/aromatic N) is 2. The molecule has 0 spiro atoms. The Kier molecular flexibility index (Phi) is 2.49. The van der Waals surface area contributed by atoms with Gasteiger partial charge in [0.05, 0.1) is 22.8 Å². The van der Waals surface area contributed by atoms with E-state index in [4.69, 9.17) is 6.42 Å². The van der Waals surface area contributed by atoms with Crippen LogP contribution in [-0.2, 0) is 0 Å². The van der Waals surface area contributed by atoms with Crippen LogP contribution in [0.4, 0.5) is 5.82 Å². The molecule has 1 heterocycles. The number of anilines is 1. The minimum Gasteiger partial charge on any atom is -0.353 e. The van der Waals surface area contributed by atoms with Gasteiger partial charge in [0.2, 0.25) is 0 Å². The molecule has 0 amide bonds. The fourth-order valence-electron chi connectivity index (χ4n) is 1.37. The van der Waals surface area contributed by atoms with Crippen molar-refractivity contribution in [3.63, 3.8) is 0 Å². The molecule has 0 unspecified atom stereocenters. The molecule has 0 aliphatic rings. The van der Waals surface area contributed by atoms with Gasteiger partial charge in [0.25, 0.3) is 0 Å². The minimum atomic E-state index is -0.420. The van der Waals surface area contributed by atoms with Gasteiger partial charge in [-0.1, -0.05) is 18.1 Å². The van der Waals surface area contributed by atoms with Crippen molar-refractivity contribution < 1.29 is 0 Å². The van der Waals surface area contributed by atoms with Crippen LogP contribution in [0.15, 0.2) is 30.5 Å². The number of rotatable bonds is 2. The van der Waals surface area contributed by atoms with E-state index in [0.29, 0.717) is 5.82 Å². The molecular formula is C13H13N3. The number of terminal acetylenes is 1. The van der Waals surface area contributed by atoms with Crippen LogP contribution in [0.1, 0.15) is 13.8 Å². The van der Waals surface area contributed by atoms with Crippen LogP contribution >= 0.6 is 0 Å². The molecule has 1 N–H and O–H groups in total. The monoisotopic (exact) mass is 211 g/mol. The van der Waals surface area contributed by atoms with Gasteiger partial charge in [0.15, 0.2) is 0 Å². The zero-order valence-electron chi connectivity index (χ0n) is 9.36. The van der Waals surface area contributed by atoms with Crippen molar-refractivity contribution in [2.75, 3.05) is 5.32 Å². The summed E-state index contributed by atoms with van der Waals surface area (Å²) in [6.45, 7) is 3.84. The van der Waals surface area contributed by atoms with Gasteiger partial charge in [-0.25, -0.2) is 4.98 Å². The van der Waals surface area contributed by atoms with E-state index in [0.717, 1.165) is 11.0 Å². The van der Waals surface area contributed by atoms with Gasteiger partial charge in [-0.3, -0.25) is 4.98 Å². The van der Waals surface area contributed by atoms with Crippen molar-refractivity contribution in [2.45, 2.75) is 19.4 Å². The maximum atomic E-state index is 5.41. The van der Waals surface area contributed by atoms with E-state index in [1.165, 1.54) is 0 Å². The van der Waals surface area contributed by atoms with Gasteiger partial charge in [-0.15, -0.1) is 6.42 Å². The first kappa shape index (κ1) is 10.4. The summed E-state index contributed by atoms with van der Waals surface area (Å²) in [5.41, 5.74) is 1.32. The second-order valence-electron chi connectivity index (χ2n) is 4.14. The fourth-order valence-corrected chi connectivity index (χ4v) is 1.37. The second-order valence-corrected chi connectivity index (χ2v) is 4.14. The zero-order valence-corrected chi connectivity index (χ0v) is 9.36. The molecule has 80 valence electrons. The summed E-state index contributed by atoms with van der Waals surface area (Å²) in [4.78, 5) is 8.75. The lowest BCUT2D eigenvalue weighted by Crippen LogP contribution is -2.29. The Morgan fingerprint density at radius 1 is 1.25 bits per heavy atom. The van der Waals surface area contributed by atoms with Crippen molar-refractivity contribution in [3.05, 3.63) is 30.5 Å². The van der Waals surface area contributed by atoms with Crippen molar-refractivity contribution >= 4 is 16.9 Å². The van der Waals surface area contributed by atoms with Crippen LogP contribution in [0.2, 0.25) is 0 Å². The molecule has 0 fully saturated rings. The summed E-state index contributed by atoms with van der Waals surface area (Å²) in [5, 5.41) is 3.15. The first-order chi connectivity index (χ1) is 7.61. The molecule has 0 aliphatic heterocycles. The van der Waals surface area contributed by atoms with Crippen LogP contribution in [0.25, 0.3) is 11.0 Å². The first-order valence-corrected chi connectivity index (χ1v) is 5.08. The maximum absolute atomic E-state index is 5.41. The largest absolute Gasteiger partial charge is 0.353 e. The molecule has 0 saturated carbocycles. The number of benzene rings is 1. The third-order valence-corrected chi connectivity index (χ3v) is 2.25. The highest BCUT2D eigenvalue weighted by Crippen LogP contribution is 2.14. The predicted molar refractivity (Wildman–Crippen MR) is 66.1 cm³/mol. The summed E-state index contributed by atoms with van der Waals surface area (Å²) >= 11 is 0. The summed E-state index contributed by atoms with van der Waals surface area (Å²) in [6, 6.07) is 7.73. The quantitative estimate of drug-likeness (QED) is 0.775. The Balaban J connectivity index is 2.37. The smallest absolute Gasteiger partial charge is 0.146 e. The molecular weight excluding hydrogens is 198 g/mol. The summed E-state index contributed by atoms with van der Waals surface area (Å²) in [7, 11) is 0. The Labute approximate surface area is 94.9 Å². The van der Waals surface area contributed by atoms with Crippen LogP contribution in [-0.4, -0.2) is 15.5 Å².